The van der Waals surface area contributed by atoms with Crippen LogP contribution in [-0.4, -0.2) is 41.1 Å². The largest absolute Gasteiger partial charge is 0.454 e. The molecule has 1 amide bonds. The van der Waals surface area contributed by atoms with E-state index in [1.807, 2.05) is 19.9 Å². The highest BCUT2D eigenvalue weighted by atomic mass is 35.5. The number of aliphatic hydroxyl groups is 1. The number of hydrogen-bond acceptors (Lipinski definition) is 4. The molecule has 0 aliphatic carbocycles. The standard InChI is InChI=1S/C8H10ClNO3.C7H14O.C2H6/c1-8-4(2-3-9)6(11)10-5(8)7(12)13-8;1-2-3-4-5-6-7-8;1-2/h4-5H,2-3H2,1H3,(H,10,11);2,8H,1,3-7H2;1-2H3/t4-,5-,8-;;/m0../s1. The van der Waals surface area contributed by atoms with Crippen LogP contribution >= 0.6 is 11.6 Å². The molecule has 2 fully saturated rings. The molecule has 0 aromatic heterocycles. The number of ether oxygens (including phenoxy) is 1. The summed E-state index contributed by atoms with van der Waals surface area (Å²) in [7, 11) is 0. The Labute approximate surface area is 144 Å². The first kappa shape index (κ1) is 21.9. The van der Waals surface area contributed by atoms with Crippen molar-refractivity contribution in [1.82, 2.24) is 5.32 Å². The van der Waals surface area contributed by atoms with Crippen molar-refractivity contribution in [2.75, 3.05) is 12.5 Å². The average Bonchev–Trinajstić information content (AvgIpc) is 2.75. The predicted octanol–water partition coefficient (Wildman–Crippen LogP) is 2.80. The van der Waals surface area contributed by atoms with E-state index >= 15 is 0 Å². The van der Waals surface area contributed by atoms with Gasteiger partial charge in [0.25, 0.3) is 0 Å². The third kappa shape index (κ3) is 5.81. The predicted molar refractivity (Wildman–Crippen MR) is 92.4 cm³/mol. The van der Waals surface area contributed by atoms with E-state index < -0.39 is 11.6 Å². The van der Waals surface area contributed by atoms with Crippen molar-refractivity contribution in [1.29, 1.82) is 0 Å². The van der Waals surface area contributed by atoms with Crippen molar-refractivity contribution < 1.29 is 19.4 Å². The summed E-state index contributed by atoms with van der Waals surface area (Å²) in [5.41, 5.74) is -0.650. The minimum absolute atomic E-state index is 0.126. The number of allylic oxidation sites excluding steroid dienone is 1. The van der Waals surface area contributed by atoms with Gasteiger partial charge >= 0.3 is 5.97 Å². The van der Waals surface area contributed by atoms with E-state index in [1.54, 1.807) is 6.92 Å². The van der Waals surface area contributed by atoms with Crippen LogP contribution in [0.3, 0.4) is 0 Å². The Morgan fingerprint density at radius 2 is 2.00 bits per heavy atom. The third-order valence-corrected chi connectivity index (χ3v) is 4.11. The summed E-state index contributed by atoms with van der Waals surface area (Å²) in [6.07, 6.45) is 6.78. The highest BCUT2D eigenvalue weighted by Crippen LogP contribution is 2.41. The minimum atomic E-state index is -0.650. The monoisotopic (exact) mass is 347 g/mol. The van der Waals surface area contributed by atoms with Gasteiger partial charge in [-0.15, -0.1) is 18.2 Å². The topological polar surface area (TPSA) is 75.6 Å². The van der Waals surface area contributed by atoms with E-state index in [0.29, 0.717) is 18.9 Å². The van der Waals surface area contributed by atoms with Crippen molar-refractivity contribution in [3.63, 3.8) is 0 Å². The van der Waals surface area contributed by atoms with Gasteiger partial charge in [0.05, 0.1) is 5.92 Å². The average molecular weight is 348 g/mol. The fourth-order valence-electron chi connectivity index (χ4n) is 2.59. The number of fused-ring (bicyclic) bond motifs is 1. The first-order valence-electron chi connectivity index (χ1n) is 8.32. The number of aliphatic hydroxyl groups excluding tert-OH is 1. The zero-order chi connectivity index (χ0) is 17.9. The number of hydrogen-bond donors (Lipinski definition) is 2. The molecule has 3 atom stereocenters. The molecule has 2 aliphatic rings. The molecule has 23 heavy (non-hydrogen) atoms. The zero-order valence-electron chi connectivity index (χ0n) is 14.4. The quantitative estimate of drug-likeness (QED) is 0.321. The van der Waals surface area contributed by atoms with Crippen LogP contribution in [0.2, 0.25) is 0 Å². The summed E-state index contributed by atoms with van der Waals surface area (Å²) in [6, 6.07) is -0.451. The molecular weight excluding hydrogens is 318 g/mol. The summed E-state index contributed by atoms with van der Waals surface area (Å²) in [5, 5.41) is 10.9. The lowest BCUT2D eigenvalue weighted by Crippen LogP contribution is -2.62. The van der Waals surface area contributed by atoms with Gasteiger partial charge in [-0.3, -0.25) is 4.79 Å². The molecule has 0 spiro atoms. The molecule has 2 N–H and O–H groups in total. The molecule has 2 rings (SSSR count). The van der Waals surface area contributed by atoms with Gasteiger partial charge in [-0.1, -0.05) is 26.3 Å². The van der Waals surface area contributed by atoms with Gasteiger partial charge in [-0.25, -0.2) is 4.79 Å². The Balaban J connectivity index is 0.000000421. The molecule has 134 valence electrons. The minimum Gasteiger partial charge on any atom is -0.454 e. The van der Waals surface area contributed by atoms with E-state index in [-0.39, 0.29) is 17.8 Å². The fraction of sp³-hybridized carbons (Fsp3) is 0.765. The van der Waals surface area contributed by atoms with Crippen LogP contribution in [0.4, 0.5) is 0 Å². The van der Waals surface area contributed by atoms with Crippen molar-refractivity contribution >= 4 is 23.5 Å². The second-order valence-electron chi connectivity index (χ2n) is 5.44. The van der Waals surface area contributed by atoms with Crippen molar-refractivity contribution in [2.45, 2.75) is 64.5 Å². The smallest absolute Gasteiger partial charge is 0.333 e. The number of nitrogens with one attached hydrogen (secondary N) is 1. The molecule has 0 unspecified atom stereocenters. The van der Waals surface area contributed by atoms with Gasteiger partial charge < -0.3 is 15.2 Å². The van der Waals surface area contributed by atoms with Crippen molar-refractivity contribution in [2.24, 2.45) is 5.92 Å². The molecule has 0 saturated carbocycles. The summed E-state index contributed by atoms with van der Waals surface area (Å²) >= 11 is 5.56. The van der Waals surface area contributed by atoms with E-state index in [2.05, 4.69) is 11.9 Å². The molecule has 0 aromatic rings. The Kier molecular flexibility index (Phi) is 10.9. The van der Waals surface area contributed by atoms with Crippen LogP contribution in [-0.2, 0) is 14.3 Å². The zero-order valence-corrected chi connectivity index (χ0v) is 15.2. The fourth-order valence-corrected chi connectivity index (χ4v) is 2.81. The van der Waals surface area contributed by atoms with Crippen molar-refractivity contribution in [3.05, 3.63) is 12.7 Å². The number of rotatable bonds is 7. The van der Waals surface area contributed by atoms with Gasteiger partial charge in [0, 0.05) is 12.5 Å². The molecule has 5 nitrogen and oxygen atoms in total. The summed E-state index contributed by atoms with van der Waals surface area (Å²) in [5.74, 6) is -0.350. The third-order valence-electron chi connectivity index (χ3n) is 3.89. The van der Waals surface area contributed by atoms with Crippen LogP contribution in [0.25, 0.3) is 0 Å². The molecule has 2 heterocycles. The highest BCUT2D eigenvalue weighted by Gasteiger charge is 2.65. The van der Waals surface area contributed by atoms with Crippen LogP contribution in [0.1, 0.15) is 52.9 Å². The van der Waals surface area contributed by atoms with Gasteiger partial charge in [0.1, 0.15) is 0 Å². The SMILES string of the molecule is C=CCCCCCO.CC.C[C@@]12OC(=O)[C@@H]1NC(=O)[C@@H]2CCCl. The second-order valence-corrected chi connectivity index (χ2v) is 5.82. The number of carbonyl (C=O) groups is 2. The van der Waals surface area contributed by atoms with Gasteiger partial charge in [-0.05, 0) is 32.6 Å². The maximum absolute atomic E-state index is 11.4. The van der Waals surface area contributed by atoms with Gasteiger partial charge in [0.2, 0.25) is 5.91 Å². The number of alkyl halides is 1. The summed E-state index contributed by atoms with van der Waals surface area (Å²) in [4.78, 5) is 22.3. The molecule has 0 aromatic carbocycles. The van der Waals surface area contributed by atoms with Gasteiger partial charge in [0.15, 0.2) is 11.6 Å². The molecule has 2 saturated heterocycles. The molecule has 0 bridgehead atoms. The normalized spacial score (nSPS) is 27.2. The molecule has 2 aliphatic heterocycles. The molecular formula is C17H30ClNO4. The second kappa shape index (κ2) is 11.5. The lowest BCUT2D eigenvalue weighted by atomic mass is 9.81. The number of unbranched alkanes of at least 4 members (excludes halogenated alkanes) is 3. The Hall–Kier alpha value is -1.07. The van der Waals surface area contributed by atoms with E-state index in [1.165, 1.54) is 6.42 Å². The highest BCUT2D eigenvalue weighted by molar-refractivity contribution is 6.18. The van der Waals surface area contributed by atoms with Crippen LogP contribution in [0.15, 0.2) is 12.7 Å². The summed E-state index contributed by atoms with van der Waals surface area (Å²) < 4.78 is 5.01. The Bertz CT molecular complexity index is 389. The maximum Gasteiger partial charge on any atom is 0.333 e. The van der Waals surface area contributed by atoms with E-state index in [4.69, 9.17) is 21.4 Å². The van der Waals surface area contributed by atoms with Crippen molar-refractivity contribution in [3.8, 4) is 0 Å². The van der Waals surface area contributed by atoms with Gasteiger partial charge in [-0.2, -0.15) is 0 Å². The lowest BCUT2D eigenvalue weighted by Gasteiger charge is -2.41. The number of carbonyl (C=O) groups excluding carboxylic acids is 2. The Morgan fingerprint density at radius 1 is 1.35 bits per heavy atom. The summed E-state index contributed by atoms with van der Waals surface area (Å²) in [6.45, 7) is 9.70. The van der Waals surface area contributed by atoms with E-state index in [9.17, 15) is 9.59 Å². The van der Waals surface area contributed by atoms with Crippen LogP contribution in [0.5, 0.6) is 0 Å². The molecule has 0 radical (unpaired) electrons. The number of amides is 1. The number of esters is 1. The van der Waals surface area contributed by atoms with Crippen LogP contribution < -0.4 is 5.32 Å². The van der Waals surface area contributed by atoms with E-state index in [0.717, 1.165) is 19.3 Å². The first-order chi connectivity index (χ1) is 11.0. The Morgan fingerprint density at radius 3 is 2.43 bits per heavy atom. The molecule has 6 heteroatoms. The first-order valence-corrected chi connectivity index (χ1v) is 8.85. The number of halogens is 1. The van der Waals surface area contributed by atoms with Crippen LogP contribution in [0, 0.1) is 5.92 Å². The maximum atomic E-state index is 11.4. The lowest BCUT2D eigenvalue weighted by molar-refractivity contribution is -0.198.